The SMILES string of the molecule is CCOC(=O)Nc1cccc(C(=O)Nc2cccc3ncccc23)c1. The van der Waals surface area contributed by atoms with Gasteiger partial charge in [-0.1, -0.05) is 12.1 Å². The Hall–Kier alpha value is -3.41. The second-order valence-electron chi connectivity index (χ2n) is 5.26. The highest BCUT2D eigenvalue weighted by atomic mass is 16.5. The topological polar surface area (TPSA) is 80.3 Å². The van der Waals surface area contributed by atoms with E-state index in [0.717, 1.165) is 10.9 Å². The molecule has 0 aliphatic carbocycles. The van der Waals surface area contributed by atoms with Crippen molar-refractivity contribution in [2.45, 2.75) is 6.92 Å². The van der Waals surface area contributed by atoms with Crippen LogP contribution in [0.4, 0.5) is 16.2 Å². The number of hydrogen-bond donors (Lipinski definition) is 2. The summed E-state index contributed by atoms with van der Waals surface area (Å²) < 4.78 is 4.83. The smallest absolute Gasteiger partial charge is 0.411 e. The quantitative estimate of drug-likeness (QED) is 0.753. The molecule has 25 heavy (non-hydrogen) atoms. The van der Waals surface area contributed by atoms with E-state index in [1.54, 1.807) is 37.4 Å². The van der Waals surface area contributed by atoms with Crippen LogP contribution in [0.1, 0.15) is 17.3 Å². The van der Waals surface area contributed by atoms with Crippen LogP contribution in [0.15, 0.2) is 60.8 Å². The van der Waals surface area contributed by atoms with Crippen molar-refractivity contribution in [3.8, 4) is 0 Å². The molecule has 0 spiro atoms. The highest BCUT2D eigenvalue weighted by Crippen LogP contribution is 2.22. The number of amides is 2. The number of pyridine rings is 1. The van der Waals surface area contributed by atoms with E-state index in [-0.39, 0.29) is 12.5 Å². The lowest BCUT2D eigenvalue weighted by molar-refractivity contribution is 0.102. The average molecular weight is 335 g/mol. The first-order valence-electron chi connectivity index (χ1n) is 7.86. The maximum absolute atomic E-state index is 12.5. The highest BCUT2D eigenvalue weighted by Gasteiger charge is 2.10. The van der Waals surface area contributed by atoms with E-state index in [9.17, 15) is 9.59 Å². The Morgan fingerprint density at radius 3 is 2.72 bits per heavy atom. The predicted octanol–water partition coefficient (Wildman–Crippen LogP) is 4.06. The number of ether oxygens (including phenoxy) is 1. The zero-order valence-corrected chi connectivity index (χ0v) is 13.7. The van der Waals surface area contributed by atoms with Gasteiger partial charge in [-0.25, -0.2) is 4.79 Å². The van der Waals surface area contributed by atoms with Crippen LogP contribution >= 0.6 is 0 Å². The maximum atomic E-state index is 12.5. The number of carbonyl (C=O) groups excluding carboxylic acids is 2. The molecular formula is C19H17N3O3. The van der Waals surface area contributed by atoms with Gasteiger partial charge in [-0.15, -0.1) is 0 Å². The van der Waals surface area contributed by atoms with Gasteiger partial charge in [0.25, 0.3) is 5.91 Å². The first-order valence-corrected chi connectivity index (χ1v) is 7.86. The van der Waals surface area contributed by atoms with Gasteiger partial charge in [0.15, 0.2) is 0 Å². The Bertz CT molecular complexity index is 919. The van der Waals surface area contributed by atoms with Crippen molar-refractivity contribution in [3.63, 3.8) is 0 Å². The molecule has 2 amide bonds. The van der Waals surface area contributed by atoms with Gasteiger partial charge in [-0.05, 0) is 49.4 Å². The van der Waals surface area contributed by atoms with E-state index >= 15 is 0 Å². The molecule has 0 aliphatic rings. The second-order valence-corrected chi connectivity index (χ2v) is 5.26. The van der Waals surface area contributed by atoms with Crippen molar-refractivity contribution in [2.75, 3.05) is 17.2 Å². The number of aromatic nitrogens is 1. The molecule has 0 fully saturated rings. The third-order valence-electron chi connectivity index (χ3n) is 3.54. The molecule has 1 heterocycles. The molecule has 0 saturated heterocycles. The largest absolute Gasteiger partial charge is 0.450 e. The fourth-order valence-electron chi connectivity index (χ4n) is 2.43. The van der Waals surface area contributed by atoms with Gasteiger partial charge >= 0.3 is 6.09 Å². The minimum absolute atomic E-state index is 0.274. The van der Waals surface area contributed by atoms with Gasteiger partial charge in [0.2, 0.25) is 0 Å². The molecule has 2 N–H and O–H groups in total. The van der Waals surface area contributed by atoms with E-state index in [2.05, 4.69) is 15.6 Å². The van der Waals surface area contributed by atoms with Crippen LogP contribution in [-0.2, 0) is 4.74 Å². The van der Waals surface area contributed by atoms with Crippen LogP contribution in [0, 0.1) is 0 Å². The van der Waals surface area contributed by atoms with Gasteiger partial charge in [-0.2, -0.15) is 0 Å². The first-order chi connectivity index (χ1) is 12.2. The summed E-state index contributed by atoms with van der Waals surface area (Å²) in [7, 11) is 0. The van der Waals surface area contributed by atoms with Gasteiger partial charge < -0.3 is 10.1 Å². The Balaban J connectivity index is 1.80. The molecule has 0 aliphatic heterocycles. The number of carbonyl (C=O) groups is 2. The molecule has 6 nitrogen and oxygen atoms in total. The monoisotopic (exact) mass is 335 g/mol. The summed E-state index contributed by atoms with van der Waals surface area (Å²) in [4.78, 5) is 28.3. The molecule has 0 unspecified atom stereocenters. The summed E-state index contributed by atoms with van der Waals surface area (Å²) in [5.74, 6) is -0.274. The van der Waals surface area contributed by atoms with Gasteiger partial charge in [-0.3, -0.25) is 15.1 Å². The highest BCUT2D eigenvalue weighted by molar-refractivity contribution is 6.09. The van der Waals surface area contributed by atoms with Gasteiger partial charge in [0.1, 0.15) is 0 Å². The summed E-state index contributed by atoms with van der Waals surface area (Å²) in [5.41, 5.74) is 2.40. The van der Waals surface area contributed by atoms with Crippen LogP contribution in [0.3, 0.4) is 0 Å². The van der Waals surface area contributed by atoms with E-state index in [0.29, 0.717) is 16.9 Å². The summed E-state index contributed by atoms with van der Waals surface area (Å²) in [6, 6.07) is 15.9. The molecule has 3 aromatic rings. The third-order valence-corrected chi connectivity index (χ3v) is 3.54. The minimum atomic E-state index is -0.555. The number of nitrogens with zero attached hydrogens (tertiary/aromatic N) is 1. The summed E-state index contributed by atoms with van der Waals surface area (Å²) in [6.45, 7) is 2.00. The number of fused-ring (bicyclic) bond motifs is 1. The van der Waals surface area contributed by atoms with Crippen LogP contribution in [0.25, 0.3) is 10.9 Å². The summed E-state index contributed by atoms with van der Waals surface area (Å²) in [6.07, 6.45) is 1.15. The van der Waals surface area contributed by atoms with Crippen molar-refractivity contribution < 1.29 is 14.3 Å². The number of benzene rings is 2. The molecule has 0 atom stereocenters. The fraction of sp³-hybridized carbons (Fsp3) is 0.105. The molecule has 6 heteroatoms. The predicted molar refractivity (Wildman–Crippen MR) is 96.8 cm³/mol. The van der Waals surface area contributed by atoms with Crippen molar-refractivity contribution >= 4 is 34.3 Å². The lowest BCUT2D eigenvalue weighted by Gasteiger charge is -2.10. The van der Waals surface area contributed by atoms with E-state index in [4.69, 9.17) is 4.74 Å². The van der Waals surface area contributed by atoms with Crippen LogP contribution < -0.4 is 10.6 Å². The minimum Gasteiger partial charge on any atom is -0.450 e. The van der Waals surface area contributed by atoms with Gasteiger partial charge in [0, 0.05) is 22.8 Å². The van der Waals surface area contributed by atoms with Crippen molar-refractivity contribution in [2.24, 2.45) is 0 Å². The number of rotatable bonds is 4. The molecule has 0 saturated carbocycles. The van der Waals surface area contributed by atoms with E-state index < -0.39 is 6.09 Å². The summed E-state index contributed by atoms with van der Waals surface area (Å²) >= 11 is 0. The first kappa shape index (κ1) is 16.4. The van der Waals surface area contributed by atoms with Crippen molar-refractivity contribution in [1.82, 2.24) is 4.98 Å². The Morgan fingerprint density at radius 2 is 1.88 bits per heavy atom. The fourth-order valence-corrected chi connectivity index (χ4v) is 2.43. The van der Waals surface area contributed by atoms with Crippen LogP contribution in [0.5, 0.6) is 0 Å². The molecule has 0 radical (unpaired) electrons. The van der Waals surface area contributed by atoms with E-state index in [1.165, 1.54) is 0 Å². The molecule has 0 bridgehead atoms. The Labute approximate surface area is 144 Å². The average Bonchev–Trinajstić information content (AvgIpc) is 2.62. The third kappa shape index (κ3) is 3.92. The van der Waals surface area contributed by atoms with Crippen molar-refractivity contribution in [3.05, 3.63) is 66.4 Å². The number of anilines is 2. The van der Waals surface area contributed by atoms with Crippen LogP contribution in [-0.4, -0.2) is 23.6 Å². The number of nitrogens with one attached hydrogen (secondary N) is 2. The molecule has 3 rings (SSSR count). The maximum Gasteiger partial charge on any atom is 0.411 e. The lowest BCUT2D eigenvalue weighted by Crippen LogP contribution is -2.15. The zero-order chi connectivity index (χ0) is 17.6. The molecule has 126 valence electrons. The Kier molecular flexibility index (Phi) is 4.89. The van der Waals surface area contributed by atoms with E-state index in [1.807, 2.05) is 30.3 Å². The number of hydrogen-bond acceptors (Lipinski definition) is 4. The molecular weight excluding hydrogens is 318 g/mol. The molecule has 2 aromatic carbocycles. The normalized spacial score (nSPS) is 10.3. The standard InChI is InChI=1S/C19H17N3O3/c1-2-25-19(24)21-14-7-3-6-13(12-14)18(23)22-17-10-4-9-16-15(17)8-5-11-20-16/h3-12H,2H2,1H3,(H,21,24)(H,22,23). The Morgan fingerprint density at radius 1 is 1.04 bits per heavy atom. The van der Waals surface area contributed by atoms with Crippen LogP contribution in [0.2, 0.25) is 0 Å². The lowest BCUT2D eigenvalue weighted by atomic mass is 10.1. The second kappa shape index (κ2) is 7.44. The van der Waals surface area contributed by atoms with Crippen molar-refractivity contribution in [1.29, 1.82) is 0 Å². The summed E-state index contributed by atoms with van der Waals surface area (Å²) in [5, 5.41) is 6.32. The van der Waals surface area contributed by atoms with Gasteiger partial charge in [0.05, 0.1) is 17.8 Å². The zero-order valence-electron chi connectivity index (χ0n) is 13.7. The molecule has 1 aromatic heterocycles.